The number of nitrogens with zero attached hydrogens (tertiary/aromatic N) is 4. The summed E-state index contributed by atoms with van der Waals surface area (Å²) >= 11 is 0. The molecule has 8 nitrogen and oxygen atoms in total. The SMILES string of the molecule is COc1ccc(NC(=O)CN2C[C@]3(CC[C@@](c4ccccc4)(N(C)C)CC3)N(CC3CCC3)C2=O)cn1. The highest BCUT2D eigenvalue weighted by atomic mass is 16.5. The Morgan fingerprint density at radius 3 is 2.41 bits per heavy atom. The molecule has 1 saturated heterocycles. The lowest BCUT2D eigenvalue weighted by atomic mass is 9.68. The van der Waals surface area contributed by atoms with Crippen molar-refractivity contribution >= 4 is 17.6 Å². The second kappa shape index (κ2) is 10.3. The van der Waals surface area contributed by atoms with E-state index >= 15 is 0 Å². The van der Waals surface area contributed by atoms with Gasteiger partial charge in [-0.2, -0.15) is 0 Å². The van der Waals surface area contributed by atoms with Crippen molar-refractivity contribution < 1.29 is 14.3 Å². The molecule has 0 unspecified atom stereocenters. The van der Waals surface area contributed by atoms with Crippen LogP contribution in [0.5, 0.6) is 5.88 Å². The maximum atomic E-state index is 13.7. The normalized spacial score (nSPS) is 26.0. The number of anilines is 1. The van der Waals surface area contributed by atoms with Crippen LogP contribution in [-0.4, -0.2) is 78.0 Å². The van der Waals surface area contributed by atoms with E-state index in [-0.39, 0.29) is 29.6 Å². The number of methoxy groups -OCH3 is 1. The van der Waals surface area contributed by atoms with Crippen LogP contribution in [0.15, 0.2) is 48.7 Å². The Kier molecular flexibility index (Phi) is 7.12. The van der Waals surface area contributed by atoms with E-state index in [1.165, 1.54) is 24.8 Å². The molecule has 2 heterocycles. The monoisotopic (exact) mass is 505 g/mol. The largest absolute Gasteiger partial charge is 0.481 e. The Hall–Kier alpha value is -3.13. The van der Waals surface area contributed by atoms with Crippen molar-refractivity contribution in [1.29, 1.82) is 0 Å². The Labute approximate surface area is 220 Å². The third-order valence-corrected chi connectivity index (χ3v) is 8.96. The standard InChI is InChI=1S/C29H39N5O3/c1-32(2)29(23-10-5-4-6-11-23)16-14-28(15-17-29)21-33(27(36)34(28)19-22-8-7-9-22)20-25(35)31-24-12-13-26(37-3)30-18-24/h4-6,10-13,18,22H,7-9,14-17,19-21H2,1-3H3,(H,31,35)/t28-,29-. The van der Waals surface area contributed by atoms with Crippen LogP contribution in [0.25, 0.3) is 0 Å². The molecule has 1 aliphatic heterocycles. The van der Waals surface area contributed by atoms with Gasteiger partial charge in [0.15, 0.2) is 0 Å². The summed E-state index contributed by atoms with van der Waals surface area (Å²) in [4.78, 5) is 37.1. The number of carbonyl (C=O) groups is 2. The summed E-state index contributed by atoms with van der Waals surface area (Å²) < 4.78 is 5.09. The van der Waals surface area contributed by atoms with E-state index in [4.69, 9.17) is 4.74 Å². The lowest BCUT2D eigenvalue weighted by Crippen LogP contribution is -2.56. The van der Waals surface area contributed by atoms with Crippen molar-refractivity contribution in [1.82, 2.24) is 19.7 Å². The van der Waals surface area contributed by atoms with Crippen molar-refractivity contribution in [3.63, 3.8) is 0 Å². The molecule has 1 aromatic carbocycles. The summed E-state index contributed by atoms with van der Waals surface area (Å²) in [5.41, 5.74) is 1.68. The van der Waals surface area contributed by atoms with E-state index < -0.39 is 0 Å². The van der Waals surface area contributed by atoms with Crippen LogP contribution in [0.4, 0.5) is 10.5 Å². The number of nitrogens with one attached hydrogen (secondary N) is 1. The molecule has 2 aromatic rings. The number of aromatic nitrogens is 1. The zero-order chi connectivity index (χ0) is 26.0. The first-order valence-electron chi connectivity index (χ1n) is 13.4. The molecule has 3 fully saturated rings. The van der Waals surface area contributed by atoms with Crippen LogP contribution in [0, 0.1) is 5.92 Å². The van der Waals surface area contributed by atoms with E-state index in [2.05, 4.69) is 64.5 Å². The Morgan fingerprint density at radius 2 is 1.84 bits per heavy atom. The fourth-order valence-electron chi connectivity index (χ4n) is 6.46. The first-order chi connectivity index (χ1) is 17.8. The van der Waals surface area contributed by atoms with Crippen LogP contribution in [0.2, 0.25) is 0 Å². The minimum atomic E-state index is -0.219. The molecule has 5 rings (SSSR count). The second-order valence-corrected chi connectivity index (χ2v) is 11.2. The van der Waals surface area contributed by atoms with Gasteiger partial charge in [0.2, 0.25) is 11.8 Å². The number of benzene rings is 1. The zero-order valence-electron chi connectivity index (χ0n) is 22.3. The smallest absolute Gasteiger partial charge is 0.321 e. The summed E-state index contributed by atoms with van der Waals surface area (Å²) in [6.45, 7) is 1.45. The van der Waals surface area contributed by atoms with Crippen molar-refractivity contribution in [2.24, 2.45) is 5.92 Å². The quantitative estimate of drug-likeness (QED) is 0.578. The third-order valence-electron chi connectivity index (χ3n) is 8.96. The van der Waals surface area contributed by atoms with E-state index in [1.807, 2.05) is 0 Å². The van der Waals surface area contributed by atoms with Gasteiger partial charge in [0.05, 0.1) is 24.5 Å². The molecular weight excluding hydrogens is 466 g/mol. The van der Waals surface area contributed by atoms with Gasteiger partial charge >= 0.3 is 6.03 Å². The van der Waals surface area contributed by atoms with Gasteiger partial charge in [-0.15, -0.1) is 0 Å². The predicted molar refractivity (Wildman–Crippen MR) is 143 cm³/mol. The van der Waals surface area contributed by atoms with Crippen molar-refractivity contribution in [3.8, 4) is 5.88 Å². The number of hydrogen-bond donors (Lipinski definition) is 1. The zero-order valence-corrected chi connectivity index (χ0v) is 22.3. The maximum absolute atomic E-state index is 13.7. The Balaban J connectivity index is 1.32. The summed E-state index contributed by atoms with van der Waals surface area (Å²) in [5, 5.41) is 2.88. The van der Waals surface area contributed by atoms with Gasteiger partial charge < -0.3 is 19.9 Å². The number of rotatable bonds is 8. The molecule has 198 valence electrons. The summed E-state index contributed by atoms with van der Waals surface area (Å²) in [5.74, 6) is 0.862. The second-order valence-electron chi connectivity index (χ2n) is 11.2. The molecular formula is C29H39N5O3. The Bertz CT molecular complexity index is 1090. The average molecular weight is 506 g/mol. The van der Waals surface area contributed by atoms with E-state index in [0.29, 0.717) is 24.0 Å². The summed E-state index contributed by atoms with van der Waals surface area (Å²) in [7, 11) is 5.89. The van der Waals surface area contributed by atoms with Crippen molar-refractivity contribution in [3.05, 3.63) is 54.2 Å². The molecule has 1 spiro atoms. The van der Waals surface area contributed by atoms with Gasteiger partial charge in [-0.3, -0.25) is 9.69 Å². The average Bonchev–Trinajstić information content (AvgIpc) is 3.12. The maximum Gasteiger partial charge on any atom is 0.321 e. The van der Waals surface area contributed by atoms with Crippen LogP contribution < -0.4 is 10.1 Å². The lowest BCUT2D eigenvalue weighted by molar-refractivity contribution is -0.116. The molecule has 0 bridgehead atoms. The molecule has 1 aromatic heterocycles. The number of amides is 3. The molecule has 0 atom stereocenters. The topological polar surface area (TPSA) is 78.0 Å². The van der Waals surface area contributed by atoms with Crippen LogP contribution in [0.3, 0.4) is 0 Å². The predicted octanol–water partition coefficient (Wildman–Crippen LogP) is 4.34. The summed E-state index contributed by atoms with van der Waals surface area (Å²) in [6, 6.07) is 14.2. The van der Waals surface area contributed by atoms with Crippen LogP contribution in [-0.2, 0) is 10.3 Å². The third kappa shape index (κ3) is 4.91. The van der Waals surface area contributed by atoms with E-state index in [0.717, 1.165) is 32.2 Å². The minimum Gasteiger partial charge on any atom is -0.481 e. The number of hydrogen-bond acceptors (Lipinski definition) is 5. The first kappa shape index (κ1) is 25.5. The molecule has 2 saturated carbocycles. The first-order valence-corrected chi connectivity index (χ1v) is 13.4. The Morgan fingerprint density at radius 1 is 1.11 bits per heavy atom. The van der Waals surface area contributed by atoms with Crippen LogP contribution >= 0.6 is 0 Å². The van der Waals surface area contributed by atoms with Crippen molar-refractivity contribution in [2.75, 3.05) is 46.2 Å². The van der Waals surface area contributed by atoms with E-state index in [9.17, 15) is 9.59 Å². The number of ether oxygens (including phenoxy) is 1. The fourth-order valence-corrected chi connectivity index (χ4v) is 6.46. The van der Waals surface area contributed by atoms with Crippen LogP contribution in [0.1, 0.15) is 50.5 Å². The molecule has 8 heteroatoms. The molecule has 2 aliphatic carbocycles. The number of pyridine rings is 1. The van der Waals surface area contributed by atoms with Gasteiger partial charge in [-0.1, -0.05) is 36.8 Å². The highest BCUT2D eigenvalue weighted by Gasteiger charge is 2.55. The molecule has 1 N–H and O–H groups in total. The number of urea groups is 1. The van der Waals surface area contributed by atoms with Gasteiger partial charge in [-0.25, -0.2) is 9.78 Å². The van der Waals surface area contributed by atoms with E-state index in [1.54, 1.807) is 30.3 Å². The lowest BCUT2D eigenvalue weighted by Gasteiger charge is -2.51. The molecule has 3 amide bonds. The number of carbonyl (C=O) groups excluding carboxylic acids is 2. The van der Waals surface area contributed by atoms with Gasteiger partial charge in [0.25, 0.3) is 0 Å². The minimum absolute atomic E-state index is 0.00645. The summed E-state index contributed by atoms with van der Waals surface area (Å²) in [6.07, 6.45) is 9.02. The van der Waals surface area contributed by atoms with Gasteiger partial charge in [0.1, 0.15) is 6.54 Å². The highest BCUT2D eigenvalue weighted by Crippen LogP contribution is 2.49. The molecule has 0 radical (unpaired) electrons. The molecule has 3 aliphatic rings. The van der Waals surface area contributed by atoms with Gasteiger partial charge in [-0.05, 0) is 70.2 Å². The molecule has 37 heavy (non-hydrogen) atoms. The highest BCUT2D eigenvalue weighted by molar-refractivity contribution is 5.94. The fraction of sp³-hybridized carbons (Fsp3) is 0.552. The van der Waals surface area contributed by atoms with Gasteiger partial charge in [0, 0.05) is 24.7 Å². The van der Waals surface area contributed by atoms with Crippen molar-refractivity contribution in [2.45, 2.75) is 56.0 Å².